The van der Waals surface area contributed by atoms with Crippen molar-refractivity contribution in [1.29, 1.82) is 0 Å². The van der Waals surface area contributed by atoms with Crippen LogP contribution in [-0.2, 0) is 0 Å². The summed E-state index contributed by atoms with van der Waals surface area (Å²) in [6, 6.07) is 0.582. The molecule has 1 aliphatic heterocycles. The van der Waals surface area contributed by atoms with Crippen molar-refractivity contribution in [2.45, 2.75) is 39.7 Å². The Bertz CT molecular complexity index is 193. The van der Waals surface area contributed by atoms with Crippen LogP contribution < -0.4 is 5.73 Å². The fourth-order valence-corrected chi connectivity index (χ4v) is 2.58. The molecule has 76 valence electrons. The summed E-state index contributed by atoms with van der Waals surface area (Å²) in [6.07, 6.45) is 2.93. The lowest BCUT2D eigenvalue weighted by Gasteiger charge is -2.49. The molecule has 0 bridgehead atoms. The highest BCUT2D eigenvalue weighted by Gasteiger charge is 2.54. The number of nitrogens with zero attached hydrogens (tertiary/aromatic N) is 1. The van der Waals surface area contributed by atoms with Crippen molar-refractivity contribution >= 4 is 0 Å². The zero-order chi connectivity index (χ0) is 9.69. The first-order valence-corrected chi connectivity index (χ1v) is 5.41. The molecule has 0 radical (unpaired) electrons. The van der Waals surface area contributed by atoms with Crippen molar-refractivity contribution in [1.82, 2.24) is 4.90 Å². The van der Waals surface area contributed by atoms with Crippen molar-refractivity contribution in [3.63, 3.8) is 0 Å². The van der Waals surface area contributed by atoms with Gasteiger partial charge in [0.05, 0.1) is 0 Å². The number of hydrogen-bond acceptors (Lipinski definition) is 2. The van der Waals surface area contributed by atoms with Gasteiger partial charge in [-0.1, -0.05) is 20.8 Å². The molecule has 1 atom stereocenters. The molecule has 1 aliphatic carbocycles. The summed E-state index contributed by atoms with van der Waals surface area (Å²) in [5.41, 5.74) is 6.94. The zero-order valence-corrected chi connectivity index (χ0v) is 9.14. The first-order chi connectivity index (χ1) is 5.97. The van der Waals surface area contributed by atoms with E-state index in [1.165, 1.54) is 25.9 Å². The van der Waals surface area contributed by atoms with E-state index < -0.39 is 0 Å². The van der Waals surface area contributed by atoms with Gasteiger partial charge in [0.2, 0.25) is 0 Å². The third kappa shape index (κ3) is 1.62. The Morgan fingerprint density at radius 1 is 1.31 bits per heavy atom. The first kappa shape index (κ1) is 9.47. The molecule has 2 rings (SSSR count). The van der Waals surface area contributed by atoms with Crippen LogP contribution in [0.15, 0.2) is 0 Å². The predicted octanol–water partition coefficient (Wildman–Crippen LogP) is 1.46. The average molecular weight is 182 g/mol. The van der Waals surface area contributed by atoms with E-state index in [9.17, 15) is 0 Å². The number of rotatable bonds is 2. The van der Waals surface area contributed by atoms with E-state index >= 15 is 0 Å². The maximum absolute atomic E-state index is 5.84. The van der Waals surface area contributed by atoms with Gasteiger partial charge >= 0.3 is 0 Å². The van der Waals surface area contributed by atoms with Gasteiger partial charge in [0, 0.05) is 25.7 Å². The molecule has 1 saturated heterocycles. The molecule has 2 fully saturated rings. The van der Waals surface area contributed by atoms with Crippen molar-refractivity contribution in [3.8, 4) is 0 Å². The Kier molecular flexibility index (Phi) is 1.97. The summed E-state index contributed by atoms with van der Waals surface area (Å²) in [6.45, 7) is 10.3. The lowest BCUT2D eigenvalue weighted by molar-refractivity contribution is -0.00622. The molecule has 2 nitrogen and oxygen atoms in total. The number of likely N-dealkylation sites (tertiary alicyclic amines) is 1. The van der Waals surface area contributed by atoms with E-state index in [1.807, 2.05) is 0 Å². The monoisotopic (exact) mass is 182 g/mol. The number of nitrogens with two attached hydrogens (primary N) is 1. The van der Waals surface area contributed by atoms with Crippen LogP contribution in [0.25, 0.3) is 0 Å². The molecule has 2 heteroatoms. The minimum absolute atomic E-state index is 0.339. The minimum Gasteiger partial charge on any atom is -0.329 e. The van der Waals surface area contributed by atoms with E-state index in [-0.39, 0.29) is 0 Å². The highest BCUT2D eigenvalue weighted by atomic mass is 15.3. The summed E-state index contributed by atoms with van der Waals surface area (Å²) in [4.78, 5) is 2.58. The summed E-state index contributed by atoms with van der Waals surface area (Å²) in [7, 11) is 0. The second-order valence-corrected chi connectivity index (χ2v) is 6.02. The van der Waals surface area contributed by atoms with Gasteiger partial charge in [0.15, 0.2) is 0 Å². The lowest BCUT2D eigenvalue weighted by atomic mass is 9.81. The summed E-state index contributed by atoms with van der Waals surface area (Å²) in [5, 5.41) is 0. The van der Waals surface area contributed by atoms with E-state index in [4.69, 9.17) is 5.73 Å². The van der Waals surface area contributed by atoms with Crippen LogP contribution in [0.5, 0.6) is 0 Å². The highest BCUT2D eigenvalue weighted by molar-refractivity contribution is 5.08. The largest absolute Gasteiger partial charge is 0.329 e. The normalized spacial score (nSPS) is 28.6. The standard InChI is InChI=1S/C11H22N2/c1-10(2,3)9(6-12)13-7-11(8-13)4-5-11/h9H,4-8,12H2,1-3H3. The van der Waals surface area contributed by atoms with Gasteiger partial charge in [-0.05, 0) is 23.7 Å². The van der Waals surface area contributed by atoms with Gasteiger partial charge in [-0.3, -0.25) is 4.90 Å². The average Bonchev–Trinajstić information content (AvgIpc) is 2.63. The smallest absolute Gasteiger partial charge is 0.0267 e. The maximum atomic E-state index is 5.84. The van der Waals surface area contributed by atoms with Crippen LogP contribution in [0.3, 0.4) is 0 Å². The topological polar surface area (TPSA) is 29.3 Å². The second kappa shape index (κ2) is 2.71. The molecule has 2 aliphatic rings. The molecule has 1 heterocycles. The van der Waals surface area contributed by atoms with E-state index in [0.717, 1.165) is 12.0 Å². The summed E-state index contributed by atoms with van der Waals surface area (Å²) >= 11 is 0. The molecule has 1 unspecified atom stereocenters. The van der Waals surface area contributed by atoms with Gasteiger partial charge in [0.1, 0.15) is 0 Å². The summed E-state index contributed by atoms with van der Waals surface area (Å²) < 4.78 is 0. The zero-order valence-electron chi connectivity index (χ0n) is 9.14. The van der Waals surface area contributed by atoms with Crippen molar-refractivity contribution in [3.05, 3.63) is 0 Å². The first-order valence-electron chi connectivity index (χ1n) is 5.41. The minimum atomic E-state index is 0.339. The molecule has 1 spiro atoms. The third-order valence-corrected chi connectivity index (χ3v) is 3.70. The Balaban J connectivity index is 1.91. The molecule has 0 aromatic rings. The van der Waals surface area contributed by atoms with Crippen molar-refractivity contribution in [2.24, 2.45) is 16.6 Å². The quantitative estimate of drug-likeness (QED) is 0.700. The third-order valence-electron chi connectivity index (χ3n) is 3.70. The van der Waals surface area contributed by atoms with Crippen LogP contribution in [0.4, 0.5) is 0 Å². The van der Waals surface area contributed by atoms with Crippen LogP contribution in [0.1, 0.15) is 33.6 Å². The molecule has 0 amide bonds. The molecular weight excluding hydrogens is 160 g/mol. The van der Waals surface area contributed by atoms with Crippen LogP contribution in [0.2, 0.25) is 0 Å². The summed E-state index contributed by atoms with van der Waals surface area (Å²) in [5.74, 6) is 0. The van der Waals surface area contributed by atoms with Crippen molar-refractivity contribution < 1.29 is 0 Å². The van der Waals surface area contributed by atoms with Gasteiger partial charge in [-0.2, -0.15) is 0 Å². The SMILES string of the molecule is CC(C)(C)C(CN)N1CC2(CC2)C1. The second-order valence-electron chi connectivity index (χ2n) is 6.02. The molecule has 0 aromatic carbocycles. The Labute approximate surface area is 81.5 Å². The highest BCUT2D eigenvalue weighted by Crippen LogP contribution is 2.54. The van der Waals surface area contributed by atoms with E-state index in [2.05, 4.69) is 25.7 Å². The Morgan fingerprint density at radius 2 is 1.85 bits per heavy atom. The van der Waals surface area contributed by atoms with Gasteiger partial charge < -0.3 is 5.73 Å². The van der Waals surface area contributed by atoms with Gasteiger partial charge in [0.25, 0.3) is 0 Å². The van der Waals surface area contributed by atoms with Gasteiger partial charge in [-0.25, -0.2) is 0 Å². The van der Waals surface area contributed by atoms with Crippen molar-refractivity contribution in [2.75, 3.05) is 19.6 Å². The Hall–Kier alpha value is -0.0800. The molecule has 2 N–H and O–H groups in total. The lowest BCUT2D eigenvalue weighted by Crippen LogP contribution is -2.59. The maximum Gasteiger partial charge on any atom is 0.0267 e. The molecule has 13 heavy (non-hydrogen) atoms. The molecular formula is C11H22N2. The fourth-order valence-electron chi connectivity index (χ4n) is 2.58. The molecule has 1 saturated carbocycles. The van der Waals surface area contributed by atoms with E-state index in [1.54, 1.807) is 0 Å². The Morgan fingerprint density at radius 3 is 2.15 bits per heavy atom. The molecule has 0 aromatic heterocycles. The van der Waals surface area contributed by atoms with Crippen LogP contribution in [-0.4, -0.2) is 30.6 Å². The van der Waals surface area contributed by atoms with Gasteiger partial charge in [-0.15, -0.1) is 0 Å². The van der Waals surface area contributed by atoms with Crippen LogP contribution >= 0.6 is 0 Å². The predicted molar refractivity (Wildman–Crippen MR) is 55.5 cm³/mol. The number of hydrogen-bond donors (Lipinski definition) is 1. The fraction of sp³-hybridized carbons (Fsp3) is 1.00. The van der Waals surface area contributed by atoms with E-state index in [0.29, 0.717) is 11.5 Å². The van der Waals surface area contributed by atoms with Crippen LogP contribution in [0, 0.1) is 10.8 Å².